The molecule has 0 unspecified atom stereocenters. The molecule has 6 heteroatoms. The van der Waals surface area contributed by atoms with Gasteiger partial charge in [0.25, 0.3) is 0 Å². The fourth-order valence-electron chi connectivity index (χ4n) is 1.91. The second kappa shape index (κ2) is 4.71. The van der Waals surface area contributed by atoms with Crippen LogP contribution in [0.2, 0.25) is 0 Å². The molecule has 2 heterocycles. The number of halogens is 2. The molecule has 0 atom stereocenters. The number of para-hydroxylation sites is 1. The number of aliphatic imine (C=N–C) groups is 1. The summed E-state index contributed by atoms with van der Waals surface area (Å²) in [4.78, 5) is 4.27. The Hall–Kier alpha value is -1.62. The number of hydrogen-bond donors (Lipinski definition) is 1. The van der Waals surface area contributed by atoms with Gasteiger partial charge in [-0.15, -0.1) is 12.4 Å². The van der Waals surface area contributed by atoms with Gasteiger partial charge >= 0.3 is 0 Å². The Balaban J connectivity index is 0.00000108. The smallest absolute Gasteiger partial charge is 0.149 e. The van der Waals surface area contributed by atoms with E-state index < -0.39 is 0 Å². The van der Waals surface area contributed by atoms with Crippen molar-refractivity contribution >= 4 is 29.1 Å². The van der Waals surface area contributed by atoms with Gasteiger partial charge in [-0.3, -0.25) is 9.67 Å². The molecule has 1 aromatic heterocycles. The van der Waals surface area contributed by atoms with Crippen molar-refractivity contribution in [3.63, 3.8) is 0 Å². The highest BCUT2D eigenvalue weighted by molar-refractivity contribution is 5.86. The summed E-state index contributed by atoms with van der Waals surface area (Å²) in [7, 11) is 0. The molecule has 2 aromatic rings. The molecule has 0 spiro atoms. The fourth-order valence-corrected chi connectivity index (χ4v) is 1.91. The predicted octanol–water partition coefficient (Wildman–Crippen LogP) is 1.60. The zero-order chi connectivity index (χ0) is 11.0. The van der Waals surface area contributed by atoms with Crippen molar-refractivity contribution in [3.8, 4) is 0 Å². The normalized spacial score (nSPS) is 14.3. The van der Waals surface area contributed by atoms with Crippen molar-refractivity contribution in [1.29, 1.82) is 0 Å². The molecule has 0 saturated heterocycles. The summed E-state index contributed by atoms with van der Waals surface area (Å²) in [5, 5.41) is 8.14. The van der Waals surface area contributed by atoms with E-state index in [0.29, 0.717) is 12.1 Å². The zero-order valence-electron chi connectivity index (χ0n) is 9.06. The van der Waals surface area contributed by atoms with Gasteiger partial charge in [-0.05, 0) is 6.07 Å². The molecule has 4 nitrogen and oxygen atoms in total. The van der Waals surface area contributed by atoms with Crippen LogP contribution in [-0.4, -0.2) is 28.7 Å². The topological polar surface area (TPSA) is 42.2 Å². The average Bonchev–Trinajstić information content (AvgIpc) is 2.90. The Bertz CT molecular complexity index is 564. The number of rotatable bonds is 2. The molecule has 1 aromatic carbocycles. The van der Waals surface area contributed by atoms with Gasteiger partial charge < -0.3 is 5.32 Å². The van der Waals surface area contributed by atoms with Gasteiger partial charge in [0.15, 0.2) is 0 Å². The molecule has 0 fully saturated rings. The molecule has 0 aliphatic carbocycles. The van der Waals surface area contributed by atoms with Crippen LogP contribution in [0.15, 0.2) is 29.4 Å². The van der Waals surface area contributed by atoms with E-state index >= 15 is 0 Å². The van der Waals surface area contributed by atoms with Crippen molar-refractivity contribution in [1.82, 2.24) is 15.1 Å². The Morgan fingerprint density at radius 3 is 3.06 bits per heavy atom. The van der Waals surface area contributed by atoms with Gasteiger partial charge in [-0.25, -0.2) is 4.39 Å². The highest BCUT2D eigenvalue weighted by Crippen LogP contribution is 2.16. The molecule has 0 saturated carbocycles. The molecule has 1 aliphatic rings. The van der Waals surface area contributed by atoms with Gasteiger partial charge in [0.05, 0.1) is 19.3 Å². The molecular weight excluding hydrogens is 243 g/mol. The van der Waals surface area contributed by atoms with E-state index in [-0.39, 0.29) is 18.2 Å². The maximum atomic E-state index is 13.6. The van der Waals surface area contributed by atoms with Crippen LogP contribution >= 0.6 is 12.4 Å². The lowest BCUT2D eigenvalue weighted by Gasteiger charge is -2.04. The predicted molar refractivity (Wildman–Crippen MR) is 67.2 cm³/mol. The average molecular weight is 255 g/mol. The molecular formula is C11H12ClFN4. The lowest BCUT2D eigenvalue weighted by atomic mass is 10.2. The Morgan fingerprint density at radius 2 is 2.29 bits per heavy atom. The third-order valence-electron chi connectivity index (χ3n) is 2.66. The first kappa shape index (κ1) is 11.9. The molecule has 3 rings (SSSR count). The monoisotopic (exact) mass is 254 g/mol. The first-order valence-corrected chi connectivity index (χ1v) is 5.22. The van der Waals surface area contributed by atoms with E-state index in [0.717, 1.165) is 24.3 Å². The Labute approximate surface area is 104 Å². The van der Waals surface area contributed by atoms with E-state index in [9.17, 15) is 4.39 Å². The number of hydrogen-bond acceptors (Lipinski definition) is 3. The maximum Gasteiger partial charge on any atom is 0.149 e. The van der Waals surface area contributed by atoms with Crippen molar-refractivity contribution in [2.75, 3.05) is 13.1 Å². The van der Waals surface area contributed by atoms with Crippen LogP contribution in [0.3, 0.4) is 0 Å². The van der Waals surface area contributed by atoms with Gasteiger partial charge in [-0.2, -0.15) is 5.10 Å². The lowest BCUT2D eigenvalue weighted by molar-refractivity contribution is 0.620. The largest absolute Gasteiger partial charge is 0.370 e. The SMILES string of the molecule is Cl.Fc1cccc2cnn(CC3=NCCN3)c12. The van der Waals surface area contributed by atoms with Gasteiger partial charge in [0, 0.05) is 11.9 Å². The van der Waals surface area contributed by atoms with Crippen LogP contribution in [0, 0.1) is 5.82 Å². The Kier molecular flexibility index (Phi) is 3.28. The van der Waals surface area contributed by atoms with Gasteiger partial charge in [0.2, 0.25) is 0 Å². The summed E-state index contributed by atoms with van der Waals surface area (Å²) in [6.07, 6.45) is 1.67. The third-order valence-corrected chi connectivity index (χ3v) is 2.66. The minimum atomic E-state index is -0.242. The second-order valence-electron chi connectivity index (χ2n) is 3.74. The number of fused-ring (bicyclic) bond motifs is 1. The van der Waals surface area contributed by atoms with Crippen molar-refractivity contribution in [2.45, 2.75) is 6.54 Å². The lowest BCUT2D eigenvalue weighted by Crippen LogP contribution is -2.24. The summed E-state index contributed by atoms with van der Waals surface area (Å²) in [5.74, 6) is 0.627. The summed E-state index contributed by atoms with van der Waals surface area (Å²) in [6.45, 7) is 2.15. The van der Waals surface area contributed by atoms with Crippen molar-refractivity contribution in [2.24, 2.45) is 4.99 Å². The molecule has 1 N–H and O–H groups in total. The van der Waals surface area contributed by atoms with Crippen LogP contribution in [0.5, 0.6) is 0 Å². The second-order valence-corrected chi connectivity index (χ2v) is 3.74. The van der Waals surface area contributed by atoms with Crippen LogP contribution in [-0.2, 0) is 6.54 Å². The molecule has 0 radical (unpaired) electrons. The van der Waals surface area contributed by atoms with Gasteiger partial charge in [-0.1, -0.05) is 12.1 Å². The molecule has 17 heavy (non-hydrogen) atoms. The van der Waals surface area contributed by atoms with E-state index in [1.807, 2.05) is 6.07 Å². The summed E-state index contributed by atoms with van der Waals surface area (Å²) < 4.78 is 15.3. The summed E-state index contributed by atoms with van der Waals surface area (Å²) >= 11 is 0. The molecule has 0 amide bonds. The highest BCUT2D eigenvalue weighted by Gasteiger charge is 2.11. The number of nitrogens with one attached hydrogen (secondary N) is 1. The molecule has 1 aliphatic heterocycles. The maximum absolute atomic E-state index is 13.6. The van der Waals surface area contributed by atoms with E-state index in [1.54, 1.807) is 16.9 Å². The minimum absolute atomic E-state index is 0. The fraction of sp³-hybridized carbons (Fsp3) is 0.273. The summed E-state index contributed by atoms with van der Waals surface area (Å²) in [5.41, 5.74) is 0.541. The molecule has 90 valence electrons. The minimum Gasteiger partial charge on any atom is -0.370 e. The van der Waals surface area contributed by atoms with E-state index in [4.69, 9.17) is 0 Å². The van der Waals surface area contributed by atoms with Crippen LogP contribution in [0.25, 0.3) is 10.9 Å². The van der Waals surface area contributed by atoms with Gasteiger partial charge in [0.1, 0.15) is 17.2 Å². The Morgan fingerprint density at radius 1 is 1.41 bits per heavy atom. The summed E-state index contributed by atoms with van der Waals surface area (Å²) in [6, 6.07) is 4.99. The first-order chi connectivity index (χ1) is 7.84. The van der Waals surface area contributed by atoms with Crippen molar-refractivity contribution < 1.29 is 4.39 Å². The highest BCUT2D eigenvalue weighted by atomic mass is 35.5. The van der Waals surface area contributed by atoms with E-state index in [1.165, 1.54) is 6.07 Å². The van der Waals surface area contributed by atoms with Crippen LogP contribution < -0.4 is 5.32 Å². The van der Waals surface area contributed by atoms with Crippen molar-refractivity contribution in [3.05, 3.63) is 30.2 Å². The number of nitrogens with zero attached hydrogens (tertiary/aromatic N) is 3. The van der Waals surface area contributed by atoms with Crippen LogP contribution in [0.4, 0.5) is 4.39 Å². The first-order valence-electron chi connectivity index (χ1n) is 5.22. The third kappa shape index (κ3) is 2.10. The number of benzene rings is 1. The zero-order valence-corrected chi connectivity index (χ0v) is 9.88. The standard InChI is InChI=1S/C11H11FN4.ClH/c12-9-3-1-2-8-6-15-16(11(8)9)7-10-13-4-5-14-10;/h1-3,6H,4-5,7H2,(H,13,14);1H. The van der Waals surface area contributed by atoms with E-state index in [2.05, 4.69) is 15.4 Å². The number of aromatic nitrogens is 2. The quantitative estimate of drug-likeness (QED) is 0.885. The molecule has 0 bridgehead atoms. The van der Waals surface area contributed by atoms with Crippen LogP contribution in [0.1, 0.15) is 0 Å². The number of amidine groups is 1.